The van der Waals surface area contributed by atoms with E-state index in [1.54, 1.807) is 13.3 Å². The van der Waals surface area contributed by atoms with Crippen LogP contribution in [0, 0.1) is 11.6 Å². The average molecular weight is 579 g/mol. The van der Waals surface area contributed by atoms with Crippen molar-refractivity contribution in [1.29, 1.82) is 0 Å². The number of anilines is 1. The van der Waals surface area contributed by atoms with Crippen molar-refractivity contribution in [3.63, 3.8) is 0 Å². The largest absolute Gasteiger partial charge is 0.342 e. The van der Waals surface area contributed by atoms with Crippen LogP contribution in [0.25, 0.3) is 5.69 Å². The number of hydrogen-bond donors (Lipinski definition) is 2. The van der Waals surface area contributed by atoms with E-state index in [9.17, 15) is 18.4 Å². The molecule has 1 saturated heterocycles. The minimum Gasteiger partial charge on any atom is -0.342 e. The lowest BCUT2D eigenvalue weighted by atomic mass is 9.87. The van der Waals surface area contributed by atoms with Gasteiger partial charge in [-0.3, -0.25) is 14.5 Å². The molecule has 42 heavy (non-hydrogen) atoms. The van der Waals surface area contributed by atoms with Gasteiger partial charge in [-0.25, -0.2) is 13.8 Å². The second kappa shape index (κ2) is 13.6. The van der Waals surface area contributed by atoms with Crippen molar-refractivity contribution in [2.75, 3.05) is 31.5 Å². The summed E-state index contributed by atoms with van der Waals surface area (Å²) in [5.74, 6) is -0.671. The zero-order valence-corrected chi connectivity index (χ0v) is 24.4. The van der Waals surface area contributed by atoms with Crippen LogP contribution in [0.15, 0.2) is 48.9 Å². The van der Waals surface area contributed by atoms with Gasteiger partial charge in [-0.2, -0.15) is 0 Å². The van der Waals surface area contributed by atoms with Crippen molar-refractivity contribution in [1.82, 2.24) is 24.7 Å². The Kier molecular flexibility index (Phi) is 9.64. The van der Waals surface area contributed by atoms with Crippen molar-refractivity contribution < 1.29 is 18.4 Å². The van der Waals surface area contributed by atoms with Gasteiger partial charge in [0.1, 0.15) is 18.0 Å². The number of nitrogens with one attached hydrogen (secondary N) is 2. The van der Waals surface area contributed by atoms with Crippen LogP contribution >= 0.6 is 0 Å². The van der Waals surface area contributed by atoms with Crippen LogP contribution in [0.5, 0.6) is 0 Å². The maximum atomic E-state index is 14.4. The minimum absolute atomic E-state index is 0.0780. The first-order chi connectivity index (χ1) is 20.3. The number of imidazole rings is 1. The molecule has 2 aromatic carbocycles. The Morgan fingerprint density at radius 2 is 1.95 bits per heavy atom. The number of aromatic nitrogens is 2. The molecule has 8 nitrogen and oxygen atoms in total. The molecule has 3 aromatic rings. The Hall–Kier alpha value is -3.63. The van der Waals surface area contributed by atoms with Crippen molar-refractivity contribution in [3.05, 3.63) is 77.2 Å². The molecule has 2 atom stereocenters. The monoisotopic (exact) mass is 578 g/mol. The maximum absolute atomic E-state index is 14.4. The first-order valence-electron chi connectivity index (χ1n) is 14.9. The standard InChI is InChI=1S/C32H40F2N6O2/c1-3-7-29(36-26-11-10-23-16-25(33)17-28(34)27(23)18-26)32(42)37-31-20-40(21-35-31)30-9-5-4-8-24(30)19-38-12-6-13-39(15-14-38)22(2)41/h4-5,8-9,16-17,20-21,26,29,36H,3,6-7,10-15,18-19H2,1-2H3,(H,37,42)/t26-,29+/m0/s1. The number of carbonyl (C=O) groups is 2. The molecule has 2 N–H and O–H groups in total. The van der Waals surface area contributed by atoms with Gasteiger partial charge in [0, 0.05) is 51.8 Å². The third-order valence-corrected chi connectivity index (χ3v) is 8.33. The number of nitrogens with zero attached hydrogens (tertiary/aromatic N) is 4. The zero-order valence-electron chi connectivity index (χ0n) is 24.4. The second-order valence-corrected chi connectivity index (χ2v) is 11.4. The average Bonchev–Trinajstić information content (AvgIpc) is 3.29. The molecule has 2 aliphatic rings. The molecular formula is C32H40F2N6O2. The lowest BCUT2D eigenvalue weighted by Crippen LogP contribution is -2.48. The van der Waals surface area contributed by atoms with Crippen LogP contribution < -0.4 is 10.6 Å². The highest BCUT2D eigenvalue weighted by molar-refractivity contribution is 5.94. The topological polar surface area (TPSA) is 82.5 Å². The van der Waals surface area contributed by atoms with Gasteiger partial charge in [0.15, 0.2) is 5.82 Å². The van der Waals surface area contributed by atoms with Crippen LogP contribution in [-0.2, 0) is 29.0 Å². The fraction of sp³-hybridized carbons (Fsp3) is 0.469. The quantitative estimate of drug-likeness (QED) is 0.392. The SMILES string of the molecule is CCC[C@@H](N[C@H]1CCc2cc(F)cc(F)c2C1)C(=O)Nc1cn(-c2ccccc2CN2CCCN(C(C)=O)CC2)cn1. The molecule has 0 radical (unpaired) electrons. The van der Waals surface area contributed by atoms with E-state index in [0.717, 1.165) is 62.9 Å². The number of rotatable bonds is 9. The molecule has 5 rings (SSSR count). The van der Waals surface area contributed by atoms with Crippen molar-refractivity contribution >= 4 is 17.6 Å². The number of benzene rings is 2. The number of para-hydroxylation sites is 1. The zero-order chi connectivity index (χ0) is 29.6. The third kappa shape index (κ3) is 7.22. The van der Waals surface area contributed by atoms with E-state index in [2.05, 4.69) is 26.6 Å². The Morgan fingerprint density at radius 3 is 2.76 bits per heavy atom. The summed E-state index contributed by atoms with van der Waals surface area (Å²) < 4.78 is 30.0. The number of aryl methyl sites for hydroxylation is 1. The molecular weight excluding hydrogens is 538 g/mol. The first-order valence-corrected chi connectivity index (χ1v) is 14.9. The summed E-state index contributed by atoms with van der Waals surface area (Å²) >= 11 is 0. The predicted octanol–water partition coefficient (Wildman–Crippen LogP) is 4.46. The molecule has 0 bridgehead atoms. The normalized spacial score (nSPS) is 18.3. The van der Waals surface area contributed by atoms with E-state index in [4.69, 9.17) is 0 Å². The molecule has 10 heteroatoms. The summed E-state index contributed by atoms with van der Waals surface area (Å²) in [4.78, 5) is 33.9. The number of carbonyl (C=O) groups excluding carboxylic acids is 2. The summed E-state index contributed by atoms with van der Waals surface area (Å²) in [6.07, 6.45) is 7.59. The lowest BCUT2D eigenvalue weighted by molar-refractivity contribution is -0.128. The first kappa shape index (κ1) is 29.8. The Bertz CT molecular complexity index is 1410. The molecule has 1 aromatic heterocycles. The van der Waals surface area contributed by atoms with Gasteiger partial charge < -0.3 is 20.1 Å². The van der Waals surface area contributed by atoms with Crippen molar-refractivity contribution in [3.8, 4) is 5.69 Å². The van der Waals surface area contributed by atoms with Crippen LogP contribution in [-0.4, -0.2) is 69.4 Å². The van der Waals surface area contributed by atoms with E-state index in [1.807, 2.05) is 40.8 Å². The highest BCUT2D eigenvalue weighted by Crippen LogP contribution is 2.26. The molecule has 0 spiro atoms. The molecule has 1 fully saturated rings. The summed E-state index contributed by atoms with van der Waals surface area (Å²) in [7, 11) is 0. The van der Waals surface area contributed by atoms with E-state index >= 15 is 0 Å². The molecule has 1 aliphatic carbocycles. The van der Waals surface area contributed by atoms with Gasteiger partial charge in [-0.05, 0) is 60.9 Å². The molecule has 2 amide bonds. The van der Waals surface area contributed by atoms with E-state index in [-0.39, 0.29) is 17.9 Å². The van der Waals surface area contributed by atoms with Gasteiger partial charge in [0.2, 0.25) is 11.8 Å². The maximum Gasteiger partial charge on any atom is 0.242 e. The lowest BCUT2D eigenvalue weighted by Gasteiger charge is -2.29. The Labute approximate surface area is 246 Å². The molecule has 2 heterocycles. The Balaban J connectivity index is 1.23. The highest BCUT2D eigenvalue weighted by Gasteiger charge is 2.27. The minimum atomic E-state index is -0.550. The number of halogens is 2. The number of fused-ring (bicyclic) bond motifs is 1. The summed E-state index contributed by atoms with van der Waals surface area (Å²) in [5.41, 5.74) is 3.37. The second-order valence-electron chi connectivity index (χ2n) is 11.4. The van der Waals surface area contributed by atoms with Crippen molar-refractivity contribution in [2.45, 2.75) is 71.0 Å². The predicted molar refractivity (Wildman–Crippen MR) is 158 cm³/mol. The summed E-state index contributed by atoms with van der Waals surface area (Å²) in [6.45, 7) is 7.66. The molecule has 1 aliphatic heterocycles. The number of hydrogen-bond acceptors (Lipinski definition) is 5. The van der Waals surface area contributed by atoms with Gasteiger partial charge in [-0.15, -0.1) is 0 Å². The van der Waals surface area contributed by atoms with Gasteiger partial charge in [0.05, 0.1) is 17.9 Å². The number of amides is 2. The van der Waals surface area contributed by atoms with Crippen LogP contribution in [0.1, 0.15) is 56.2 Å². The van der Waals surface area contributed by atoms with E-state index < -0.39 is 17.7 Å². The smallest absolute Gasteiger partial charge is 0.242 e. The van der Waals surface area contributed by atoms with Crippen LogP contribution in [0.3, 0.4) is 0 Å². The fourth-order valence-corrected chi connectivity index (χ4v) is 6.11. The fourth-order valence-electron chi connectivity index (χ4n) is 6.11. The molecule has 224 valence electrons. The van der Waals surface area contributed by atoms with Gasteiger partial charge in [-0.1, -0.05) is 31.5 Å². The van der Waals surface area contributed by atoms with E-state index in [1.165, 1.54) is 6.07 Å². The van der Waals surface area contributed by atoms with Crippen LogP contribution in [0.2, 0.25) is 0 Å². The van der Waals surface area contributed by atoms with E-state index in [0.29, 0.717) is 42.6 Å². The van der Waals surface area contributed by atoms with Crippen molar-refractivity contribution in [2.24, 2.45) is 0 Å². The molecule has 0 unspecified atom stereocenters. The highest BCUT2D eigenvalue weighted by atomic mass is 19.1. The summed E-state index contributed by atoms with van der Waals surface area (Å²) in [5, 5.41) is 6.39. The third-order valence-electron chi connectivity index (χ3n) is 8.33. The molecule has 0 saturated carbocycles. The summed E-state index contributed by atoms with van der Waals surface area (Å²) in [6, 6.07) is 9.95. The van der Waals surface area contributed by atoms with Crippen LogP contribution in [0.4, 0.5) is 14.6 Å². The van der Waals surface area contributed by atoms with Gasteiger partial charge in [0.25, 0.3) is 0 Å². The van der Waals surface area contributed by atoms with Gasteiger partial charge >= 0.3 is 0 Å². The Morgan fingerprint density at radius 1 is 1.12 bits per heavy atom.